The van der Waals surface area contributed by atoms with E-state index in [1.807, 2.05) is 37.6 Å². The fourth-order valence-electron chi connectivity index (χ4n) is 2.00. The molecular formula is C14H18BrN3O2. The molecule has 2 aromatic rings. The van der Waals surface area contributed by atoms with Gasteiger partial charge in [0.1, 0.15) is 18.1 Å². The highest BCUT2D eigenvalue weighted by molar-refractivity contribution is 9.10. The van der Waals surface area contributed by atoms with Crippen molar-refractivity contribution in [1.29, 1.82) is 0 Å². The number of aryl methyl sites for hydroxylation is 3. The Morgan fingerprint density at radius 2 is 2.10 bits per heavy atom. The Balaban J connectivity index is 2.21. The number of aliphatic hydroxyl groups excluding tert-OH is 1. The number of nitrogens with zero attached hydrogens (tertiary/aromatic N) is 3. The Labute approximate surface area is 126 Å². The van der Waals surface area contributed by atoms with Gasteiger partial charge in [-0.15, -0.1) is 0 Å². The van der Waals surface area contributed by atoms with E-state index in [1.165, 1.54) is 0 Å². The third-order valence-electron chi connectivity index (χ3n) is 3.04. The van der Waals surface area contributed by atoms with Gasteiger partial charge in [0.05, 0.1) is 22.5 Å². The zero-order valence-electron chi connectivity index (χ0n) is 11.9. The van der Waals surface area contributed by atoms with Crippen LogP contribution in [0.4, 0.5) is 0 Å². The molecule has 20 heavy (non-hydrogen) atoms. The van der Waals surface area contributed by atoms with Crippen LogP contribution < -0.4 is 4.74 Å². The van der Waals surface area contributed by atoms with E-state index < -0.39 is 0 Å². The van der Waals surface area contributed by atoms with E-state index in [9.17, 15) is 5.11 Å². The highest BCUT2D eigenvalue weighted by Crippen LogP contribution is 2.24. The molecule has 6 heteroatoms. The second-order valence-electron chi connectivity index (χ2n) is 4.51. The topological polar surface area (TPSA) is 60.2 Å². The number of rotatable bonds is 5. The summed E-state index contributed by atoms with van der Waals surface area (Å²) in [6.07, 6.45) is 0. The third-order valence-corrected chi connectivity index (χ3v) is 4.07. The summed E-state index contributed by atoms with van der Waals surface area (Å²) in [6, 6.07) is 3.70. The molecule has 0 aliphatic rings. The Hall–Kier alpha value is -1.40. The van der Waals surface area contributed by atoms with Crippen LogP contribution in [0.15, 0.2) is 16.6 Å². The molecule has 2 aromatic heterocycles. The van der Waals surface area contributed by atoms with Crippen molar-refractivity contribution in [3.8, 4) is 5.75 Å². The predicted molar refractivity (Wildman–Crippen MR) is 79.6 cm³/mol. The lowest BCUT2D eigenvalue weighted by Crippen LogP contribution is -2.08. The van der Waals surface area contributed by atoms with E-state index >= 15 is 0 Å². The van der Waals surface area contributed by atoms with Crippen molar-refractivity contribution in [2.24, 2.45) is 0 Å². The summed E-state index contributed by atoms with van der Waals surface area (Å²) in [7, 11) is 0. The van der Waals surface area contributed by atoms with Crippen LogP contribution in [-0.4, -0.2) is 19.9 Å². The zero-order valence-corrected chi connectivity index (χ0v) is 13.4. The summed E-state index contributed by atoms with van der Waals surface area (Å²) >= 11 is 3.53. The number of halogens is 1. The molecule has 0 radical (unpaired) electrons. The predicted octanol–water partition coefficient (Wildman–Crippen LogP) is 2.75. The van der Waals surface area contributed by atoms with Crippen LogP contribution in [0.2, 0.25) is 0 Å². The lowest BCUT2D eigenvalue weighted by atomic mass is 10.3. The molecule has 0 saturated heterocycles. The normalized spacial score (nSPS) is 10.8. The summed E-state index contributed by atoms with van der Waals surface area (Å²) in [4.78, 5) is 4.26. The number of aromatic nitrogens is 3. The second kappa shape index (κ2) is 6.37. The minimum Gasteiger partial charge on any atom is -0.485 e. The van der Waals surface area contributed by atoms with Gasteiger partial charge in [-0.25, -0.2) is 0 Å². The first kappa shape index (κ1) is 15.0. The van der Waals surface area contributed by atoms with Crippen molar-refractivity contribution in [3.05, 3.63) is 39.4 Å². The number of hydrogen-bond acceptors (Lipinski definition) is 4. The van der Waals surface area contributed by atoms with Gasteiger partial charge >= 0.3 is 0 Å². The summed E-state index contributed by atoms with van der Waals surface area (Å²) in [6.45, 7) is 6.90. The first-order chi connectivity index (χ1) is 9.56. The fourth-order valence-corrected chi connectivity index (χ4v) is 2.39. The summed E-state index contributed by atoms with van der Waals surface area (Å²) in [5.41, 5.74) is 3.33. The van der Waals surface area contributed by atoms with E-state index in [2.05, 4.69) is 26.0 Å². The molecule has 2 heterocycles. The van der Waals surface area contributed by atoms with E-state index in [1.54, 1.807) is 0 Å². The maximum Gasteiger partial charge on any atom is 0.143 e. The molecule has 0 atom stereocenters. The van der Waals surface area contributed by atoms with E-state index in [4.69, 9.17) is 4.74 Å². The first-order valence-electron chi connectivity index (χ1n) is 6.48. The van der Waals surface area contributed by atoms with Crippen molar-refractivity contribution in [3.63, 3.8) is 0 Å². The molecule has 5 nitrogen and oxygen atoms in total. The van der Waals surface area contributed by atoms with Crippen molar-refractivity contribution in [2.75, 3.05) is 0 Å². The molecule has 0 aromatic carbocycles. The maximum absolute atomic E-state index is 9.33. The first-order valence-corrected chi connectivity index (χ1v) is 7.28. The van der Waals surface area contributed by atoms with Gasteiger partial charge in [0.2, 0.25) is 0 Å². The smallest absolute Gasteiger partial charge is 0.143 e. The molecule has 0 bridgehead atoms. The molecule has 2 rings (SSSR count). The number of hydrogen-bond donors (Lipinski definition) is 1. The molecule has 108 valence electrons. The van der Waals surface area contributed by atoms with Crippen LogP contribution in [0.1, 0.15) is 29.7 Å². The van der Waals surface area contributed by atoms with Crippen LogP contribution in [0.5, 0.6) is 5.75 Å². The molecule has 0 unspecified atom stereocenters. The van der Waals surface area contributed by atoms with E-state index in [0.29, 0.717) is 18.1 Å². The van der Waals surface area contributed by atoms with Gasteiger partial charge in [-0.3, -0.25) is 9.67 Å². The summed E-state index contributed by atoms with van der Waals surface area (Å²) in [5, 5.41) is 13.8. The number of aliphatic hydroxyl groups is 1. The van der Waals surface area contributed by atoms with Crippen molar-refractivity contribution in [2.45, 2.75) is 40.5 Å². The molecule has 0 amide bonds. The highest BCUT2D eigenvalue weighted by Gasteiger charge is 2.13. The van der Waals surface area contributed by atoms with Crippen LogP contribution in [0.25, 0.3) is 0 Å². The Morgan fingerprint density at radius 3 is 2.75 bits per heavy atom. The average Bonchev–Trinajstić information content (AvgIpc) is 2.72. The summed E-state index contributed by atoms with van der Waals surface area (Å²) in [5.74, 6) is 0.603. The molecular weight excluding hydrogens is 322 g/mol. The minimum atomic E-state index is -0.135. The molecule has 0 saturated carbocycles. The highest BCUT2D eigenvalue weighted by atomic mass is 79.9. The van der Waals surface area contributed by atoms with Gasteiger partial charge in [-0.05, 0) is 48.8 Å². The van der Waals surface area contributed by atoms with E-state index in [-0.39, 0.29) is 6.61 Å². The van der Waals surface area contributed by atoms with Gasteiger partial charge in [0.25, 0.3) is 0 Å². The average molecular weight is 340 g/mol. The maximum atomic E-state index is 9.33. The molecule has 0 aliphatic heterocycles. The van der Waals surface area contributed by atoms with Crippen molar-refractivity contribution in [1.82, 2.24) is 14.8 Å². The Kier molecular flexibility index (Phi) is 4.77. The standard InChI is InChI=1S/C14H18BrN3O2/c1-4-18-12(14(15)10(3)17-18)8-20-13-6-5-9(2)16-11(13)7-19/h5-6,19H,4,7-8H2,1-3H3. The van der Waals surface area contributed by atoms with E-state index in [0.717, 1.165) is 28.1 Å². The SMILES string of the molecule is CCn1nc(C)c(Br)c1COc1ccc(C)nc1CO. The summed E-state index contributed by atoms with van der Waals surface area (Å²) < 4.78 is 8.66. The molecule has 1 N–H and O–H groups in total. The van der Waals surface area contributed by atoms with Crippen molar-refractivity contribution < 1.29 is 9.84 Å². The van der Waals surface area contributed by atoms with Gasteiger partial charge < -0.3 is 9.84 Å². The quantitative estimate of drug-likeness (QED) is 0.909. The van der Waals surface area contributed by atoms with Gasteiger partial charge in [-0.1, -0.05) is 0 Å². The molecule has 0 spiro atoms. The van der Waals surface area contributed by atoms with Crippen LogP contribution in [-0.2, 0) is 19.8 Å². The second-order valence-corrected chi connectivity index (χ2v) is 5.30. The number of ether oxygens (including phenoxy) is 1. The zero-order chi connectivity index (χ0) is 14.7. The largest absolute Gasteiger partial charge is 0.485 e. The Morgan fingerprint density at radius 1 is 1.35 bits per heavy atom. The van der Waals surface area contributed by atoms with Gasteiger partial charge in [0.15, 0.2) is 0 Å². The van der Waals surface area contributed by atoms with Gasteiger partial charge in [0, 0.05) is 12.2 Å². The monoisotopic (exact) mass is 339 g/mol. The number of pyridine rings is 1. The van der Waals surface area contributed by atoms with Crippen LogP contribution >= 0.6 is 15.9 Å². The lowest BCUT2D eigenvalue weighted by molar-refractivity contribution is 0.249. The van der Waals surface area contributed by atoms with Gasteiger partial charge in [-0.2, -0.15) is 5.10 Å². The minimum absolute atomic E-state index is 0.135. The third kappa shape index (κ3) is 3.02. The van der Waals surface area contributed by atoms with Crippen LogP contribution in [0.3, 0.4) is 0 Å². The fraction of sp³-hybridized carbons (Fsp3) is 0.429. The van der Waals surface area contributed by atoms with Crippen molar-refractivity contribution >= 4 is 15.9 Å². The molecule has 0 fully saturated rings. The Bertz CT molecular complexity index is 611. The molecule has 0 aliphatic carbocycles. The lowest BCUT2D eigenvalue weighted by Gasteiger charge is -2.11. The van der Waals surface area contributed by atoms with Crippen LogP contribution in [0, 0.1) is 13.8 Å².